The first kappa shape index (κ1) is 15.4. The van der Waals surface area contributed by atoms with Gasteiger partial charge in [0.2, 0.25) is 0 Å². The Bertz CT molecular complexity index is 496. The van der Waals surface area contributed by atoms with E-state index in [1.165, 1.54) is 5.56 Å². The maximum atomic E-state index is 5.69. The predicted octanol–water partition coefficient (Wildman–Crippen LogP) is 2.27. The number of methoxy groups -OCH3 is 1. The molecule has 21 heavy (non-hydrogen) atoms. The lowest BCUT2D eigenvalue weighted by Crippen LogP contribution is -2.84. The van der Waals surface area contributed by atoms with Gasteiger partial charge in [-0.05, 0) is 29.8 Å². The maximum absolute atomic E-state index is 5.69. The van der Waals surface area contributed by atoms with Crippen molar-refractivity contribution in [2.45, 2.75) is 12.8 Å². The van der Waals surface area contributed by atoms with Crippen molar-refractivity contribution in [2.24, 2.45) is 0 Å². The molecule has 0 spiro atoms. The smallest absolute Gasteiger partial charge is 0.119 e. The number of nitrogens with two attached hydrogens (primary N) is 1. The van der Waals surface area contributed by atoms with Crippen molar-refractivity contribution in [3.63, 3.8) is 0 Å². The lowest BCUT2D eigenvalue weighted by Gasteiger charge is -2.07. The highest BCUT2D eigenvalue weighted by Gasteiger charge is 1.97. The van der Waals surface area contributed by atoms with Gasteiger partial charge in [0.1, 0.15) is 11.5 Å². The highest BCUT2D eigenvalue weighted by Crippen LogP contribution is 2.16. The van der Waals surface area contributed by atoms with Gasteiger partial charge >= 0.3 is 0 Å². The molecule has 2 N–H and O–H groups in total. The number of benzene rings is 2. The Morgan fingerprint density at radius 3 is 2.29 bits per heavy atom. The summed E-state index contributed by atoms with van der Waals surface area (Å²) in [5, 5.41) is 2.35. The van der Waals surface area contributed by atoms with Gasteiger partial charge in [-0.25, -0.2) is 0 Å². The summed E-state index contributed by atoms with van der Waals surface area (Å²) in [6, 6.07) is 18.3. The van der Waals surface area contributed by atoms with Crippen LogP contribution in [-0.2, 0) is 6.42 Å². The minimum Gasteiger partial charge on any atom is -0.497 e. The van der Waals surface area contributed by atoms with Gasteiger partial charge in [-0.1, -0.05) is 30.3 Å². The Hall–Kier alpha value is -2.00. The van der Waals surface area contributed by atoms with E-state index < -0.39 is 0 Å². The van der Waals surface area contributed by atoms with Crippen LogP contribution in [0.25, 0.3) is 0 Å². The van der Waals surface area contributed by atoms with E-state index in [1.807, 2.05) is 24.3 Å². The molecule has 0 aliphatic heterocycles. The number of quaternary nitrogens is 1. The zero-order chi connectivity index (χ0) is 14.8. The standard InChI is InChI=1S/C18H23NO2/c1-20-17-8-10-18(11-9-17)21-15-5-13-19-14-12-16-6-3-2-4-7-16/h2-4,6-11,19H,5,12-15H2,1H3/p+1. The third kappa shape index (κ3) is 5.88. The monoisotopic (exact) mass is 286 g/mol. The van der Waals surface area contributed by atoms with Crippen LogP contribution in [-0.4, -0.2) is 26.8 Å². The second-order valence-corrected chi connectivity index (χ2v) is 4.98. The lowest BCUT2D eigenvalue weighted by atomic mass is 10.1. The van der Waals surface area contributed by atoms with E-state index in [0.717, 1.165) is 44.0 Å². The fourth-order valence-corrected chi connectivity index (χ4v) is 2.15. The van der Waals surface area contributed by atoms with Crippen LogP contribution in [0.1, 0.15) is 12.0 Å². The first-order valence-electron chi connectivity index (χ1n) is 7.51. The number of hydrogen-bond acceptors (Lipinski definition) is 2. The summed E-state index contributed by atoms with van der Waals surface area (Å²) in [6.45, 7) is 2.99. The summed E-state index contributed by atoms with van der Waals surface area (Å²) < 4.78 is 10.8. The fraction of sp³-hybridized carbons (Fsp3) is 0.333. The Morgan fingerprint density at radius 1 is 0.857 bits per heavy atom. The van der Waals surface area contributed by atoms with Crippen LogP contribution < -0.4 is 14.8 Å². The minimum atomic E-state index is 0.758. The molecule has 2 rings (SSSR count). The van der Waals surface area contributed by atoms with E-state index in [0.29, 0.717) is 0 Å². The van der Waals surface area contributed by atoms with Gasteiger partial charge in [0.05, 0.1) is 26.8 Å². The molecule has 0 aliphatic rings. The first-order chi connectivity index (χ1) is 10.4. The third-order valence-electron chi connectivity index (χ3n) is 3.36. The van der Waals surface area contributed by atoms with Crippen LogP contribution in [0, 0.1) is 0 Å². The minimum absolute atomic E-state index is 0.758. The van der Waals surface area contributed by atoms with Crippen LogP contribution in [0.2, 0.25) is 0 Å². The molecule has 0 bridgehead atoms. The summed E-state index contributed by atoms with van der Waals surface area (Å²) in [5.41, 5.74) is 1.41. The topological polar surface area (TPSA) is 35.1 Å². The maximum Gasteiger partial charge on any atom is 0.119 e. The molecular formula is C18H24NO2+. The molecule has 3 nitrogen and oxygen atoms in total. The second-order valence-electron chi connectivity index (χ2n) is 4.98. The average Bonchev–Trinajstić information content (AvgIpc) is 2.55. The first-order valence-corrected chi connectivity index (χ1v) is 7.51. The van der Waals surface area contributed by atoms with Crippen molar-refractivity contribution >= 4 is 0 Å². The molecule has 0 atom stereocenters. The van der Waals surface area contributed by atoms with Gasteiger partial charge < -0.3 is 14.8 Å². The Kier molecular flexibility index (Phi) is 6.62. The van der Waals surface area contributed by atoms with E-state index in [9.17, 15) is 0 Å². The Balaban J connectivity index is 1.51. The molecule has 2 aromatic carbocycles. The summed E-state index contributed by atoms with van der Waals surface area (Å²) in [4.78, 5) is 0. The zero-order valence-electron chi connectivity index (χ0n) is 12.6. The van der Waals surface area contributed by atoms with Gasteiger partial charge in [0, 0.05) is 12.8 Å². The van der Waals surface area contributed by atoms with Crippen molar-refractivity contribution < 1.29 is 14.8 Å². The highest BCUT2D eigenvalue weighted by atomic mass is 16.5. The molecule has 0 radical (unpaired) electrons. The largest absolute Gasteiger partial charge is 0.497 e. The number of ether oxygens (including phenoxy) is 2. The summed E-state index contributed by atoms with van der Waals surface area (Å²) in [5.74, 6) is 1.76. The fourth-order valence-electron chi connectivity index (χ4n) is 2.15. The van der Waals surface area contributed by atoms with Crippen LogP contribution in [0.5, 0.6) is 11.5 Å². The normalized spacial score (nSPS) is 10.3. The summed E-state index contributed by atoms with van der Waals surface area (Å²) >= 11 is 0. The van der Waals surface area contributed by atoms with Crippen molar-refractivity contribution in [3.05, 3.63) is 60.2 Å². The van der Waals surface area contributed by atoms with E-state index in [-0.39, 0.29) is 0 Å². The molecule has 0 saturated heterocycles. The Morgan fingerprint density at radius 2 is 1.57 bits per heavy atom. The molecule has 0 heterocycles. The summed E-state index contributed by atoms with van der Waals surface area (Å²) in [6.07, 6.45) is 2.18. The van der Waals surface area contributed by atoms with Crippen LogP contribution in [0.4, 0.5) is 0 Å². The van der Waals surface area contributed by atoms with E-state index in [2.05, 4.69) is 35.6 Å². The molecule has 0 saturated carbocycles. The molecule has 0 unspecified atom stereocenters. The molecule has 112 valence electrons. The van der Waals surface area contributed by atoms with Gasteiger partial charge in [0.25, 0.3) is 0 Å². The van der Waals surface area contributed by atoms with E-state index in [4.69, 9.17) is 9.47 Å². The number of hydrogen-bond donors (Lipinski definition) is 1. The van der Waals surface area contributed by atoms with E-state index >= 15 is 0 Å². The quantitative estimate of drug-likeness (QED) is 0.718. The SMILES string of the molecule is COc1ccc(OCCC[NH2+]CCc2ccccc2)cc1. The van der Waals surface area contributed by atoms with Crippen molar-refractivity contribution in [2.75, 3.05) is 26.8 Å². The van der Waals surface area contributed by atoms with Crippen LogP contribution in [0.15, 0.2) is 54.6 Å². The van der Waals surface area contributed by atoms with Gasteiger partial charge in [-0.3, -0.25) is 0 Å². The van der Waals surface area contributed by atoms with Gasteiger partial charge in [0.15, 0.2) is 0 Å². The molecule has 3 heteroatoms. The van der Waals surface area contributed by atoms with Crippen molar-refractivity contribution in [1.29, 1.82) is 0 Å². The highest BCUT2D eigenvalue weighted by molar-refractivity contribution is 5.31. The molecule has 0 amide bonds. The third-order valence-corrected chi connectivity index (χ3v) is 3.36. The Labute approximate surface area is 126 Å². The predicted molar refractivity (Wildman–Crippen MR) is 84.9 cm³/mol. The average molecular weight is 286 g/mol. The molecular weight excluding hydrogens is 262 g/mol. The zero-order valence-corrected chi connectivity index (χ0v) is 12.6. The van der Waals surface area contributed by atoms with Gasteiger partial charge in [-0.15, -0.1) is 0 Å². The van der Waals surface area contributed by atoms with Crippen molar-refractivity contribution in [3.8, 4) is 11.5 Å². The molecule has 0 fully saturated rings. The van der Waals surface area contributed by atoms with Crippen LogP contribution in [0.3, 0.4) is 0 Å². The number of rotatable bonds is 9. The lowest BCUT2D eigenvalue weighted by molar-refractivity contribution is -0.654. The molecule has 0 aromatic heterocycles. The summed E-state index contributed by atoms with van der Waals surface area (Å²) in [7, 11) is 1.67. The van der Waals surface area contributed by atoms with Crippen molar-refractivity contribution in [1.82, 2.24) is 0 Å². The van der Waals surface area contributed by atoms with E-state index in [1.54, 1.807) is 7.11 Å². The van der Waals surface area contributed by atoms with Crippen LogP contribution >= 0.6 is 0 Å². The molecule has 0 aliphatic carbocycles. The van der Waals surface area contributed by atoms with Gasteiger partial charge in [-0.2, -0.15) is 0 Å². The molecule has 2 aromatic rings. The second kappa shape index (κ2) is 9.03.